The second-order valence-electron chi connectivity index (χ2n) is 7.24. The molecule has 144 valence electrons. The summed E-state index contributed by atoms with van der Waals surface area (Å²) in [5, 5.41) is -0.249. The molecule has 26 heavy (non-hydrogen) atoms. The molecule has 0 radical (unpaired) electrons. The second-order valence-corrected chi connectivity index (χ2v) is 10.1. The van der Waals surface area contributed by atoms with Crippen LogP contribution in [0.4, 0.5) is 11.5 Å². The lowest BCUT2D eigenvalue weighted by molar-refractivity contribution is 0.0115. The minimum absolute atomic E-state index is 0.249. The van der Waals surface area contributed by atoms with Gasteiger partial charge in [-0.25, -0.2) is 13.4 Å². The van der Waals surface area contributed by atoms with Crippen LogP contribution in [-0.4, -0.2) is 69.0 Å². The van der Waals surface area contributed by atoms with Crippen molar-refractivity contribution < 1.29 is 13.2 Å². The Hall–Kier alpha value is -0.900. The van der Waals surface area contributed by atoms with Crippen molar-refractivity contribution in [2.24, 2.45) is 0 Å². The van der Waals surface area contributed by atoms with Crippen molar-refractivity contribution in [3.05, 3.63) is 16.7 Å². The predicted molar refractivity (Wildman–Crippen MR) is 105 cm³/mol. The highest BCUT2D eigenvalue weighted by molar-refractivity contribution is 9.10. The Morgan fingerprint density at radius 1 is 1.12 bits per heavy atom. The van der Waals surface area contributed by atoms with Crippen molar-refractivity contribution in [2.45, 2.75) is 37.0 Å². The summed E-state index contributed by atoms with van der Waals surface area (Å²) in [5.41, 5.74) is 0.580. The molecular formula is C17H25BrN4O3S. The summed E-state index contributed by atoms with van der Waals surface area (Å²) >= 11 is 3.41. The second kappa shape index (κ2) is 7.61. The number of pyridine rings is 1. The minimum atomic E-state index is -3.31. The Kier molecular flexibility index (Phi) is 5.41. The number of ether oxygens (including phenoxy) is 1. The molecular weight excluding hydrogens is 420 g/mol. The lowest BCUT2D eigenvalue weighted by Crippen LogP contribution is -2.49. The molecule has 0 bridgehead atoms. The van der Waals surface area contributed by atoms with Crippen LogP contribution in [0.5, 0.6) is 0 Å². The first-order chi connectivity index (χ1) is 12.5. The predicted octanol–water partition coefficient (Wildman–Crippen LogP) is 2.05. The van der Waals surface area contributed by atoms with Gasteiger partial charge >= 0.3 is 0 Å². The van der Waals surface area contributed by atoms with Crippen molar-refractivity contribution in [3.8, 4) is 0 Å². The minimum Gasteiger partial charge on any atom is -0.379 e. The normalized spacial score (nSPS) is 23.2. The zero-order valence-corrected chi connectivity index (χ0v) is 17.1. The number of rotatable bonds is 5. The number of morpholine rings is 1. The van der Waals surface area contributed by atoms with Gasteiger partial charge in [-0.15, -0.1) is 0 Å². The fourth-order valence-corrected chi connectivity index (χ4v) is 5.47. The maximum atomic E-state index is 12.4. The SMILES string of the molecule is O=S(=O)(Nc1cc(Br)cnc1N1CCC(N2CCOCC2)CC1)C1CC1. The summed E-state index contributed by atoms with van der Waals surface area (Å²) in [4.78, 5) is 9.24. The summed E-state index contributed by atoms with van der Waals surface area (Å²) < 4.78 is 33.7. The first-order valence-corrected chi connectivity index (χ1v) is 11.6. The van der Waals surface area contributed by atoms with E-state index in [1.807, 2.05) is 6.07 Å². The van der Waals surface area contributed by atoms with E-state index in [0.717, 1.165) is 75.4 Å². The van der Waals surface area contributed by atoms with E-state index in [2.05, 4.69) is 35.4 Å². The summed E-state index contributed by atoms with van der Waals surface area (Å²) in [5.74, 6) is 0.734. The molecule has 3 aliphatic rings. The van der Waals surface area contributed by atoms with E-state index < -0.39 is 10.0 Å². The number of nitrogens with one attached hydrogen (secondary N) is 1. The molecule has 2 aliphatic heterocycles. The van der Waals surface area contributed by atoms with Crippen molar-refractivity contribution in [1.82, 2.24) is 9.88 Å². The van der Waals surface area contributed by atoms with Gasteiger partial charge in [0.25, 0.3) is 0 Å². The molecule has 3 fully saturated rings. The Balaban J connectivity index is 1.46. The highest BCUT2D eigenvalue weighted by atomic mass is 79.9. The number of hydrogen-bond donors (Lipinski definition) is 1. The smallest absolute Gasteiger partial charge is 0.235 e. The molecule has 1 aromatic heterocycles. The quantitative estimate of drug-likeness (QED) is 0.748. The molecule has 7 nitrogen and oxygen atoms in total. The summed E-state index contributed by atoms with van der Waals surface area (Å²) in [6.07, 6.45) is 5.35. The molecule has 9 heteroatoms. The summed E-state index contributed by atoms with van der Waals surface area (Å²) in [7, 11) is -3.31. The maximum Gasteiger partial charge on any atom is 0.235 e. The number of nitrogens with zero attached hydrogens (tertiary/aromatic N) is 3. The molecule has 0 atom stereocenters. The largest absolute Gasteiger partial charge is 0.379 e. The fourth-order valence-electron chi connectivity index (χ4n) is 3.76. The van der Waals surface area contributed by atoms with Crippen molar-refractivity contribution in [3.63, 3.8) is 0 Å². The van der Waals surface area contributed by atoms with E-state index in [4.69, 9.17) is 4.74 Å². The van der Waals surface area contributed by atoms with E-state index in [1.165, 1.54) is 0 Å². The van der Waals surface area contributed by atoms with E-state index >= 15 is 0 Å². The van der Waals surface area contributed by atoms with E-state index in [0.29, 0.717) is 11.7 Å². The van der Waals surface area contributed by atoms with Crippen LogP contribution in [0.25, 0.3) is 0 Å². The Bertz CT molecular complexity index is 742. The topological polar surface area (TPSA) is 74.8 Å². The van der Waals surface area contributed by atoms with Gasteiger partial charge in [0.1, 0.15) is 0 Å². The van der Waals surface area contributed by atoms with Crippen LogP contribution in [0.1, 0.15) is 25.7 Å². The van der Waals surface area contributed by atoms with Crippen molar-refractivity contribution >= 4 is 37.5 Å². The van der Waals surface area contributed by atoms with E-state index in [1.54, 1.807) is 6.20 Å². The van der Waals surface area contributed by atoms with Crippen LogP contribution in [0.15, 0.2) is 16.7 Å². The number of halogens is 1. The molecule has 0 aromatic carbocycles. The standard InChI is InChI=1S/C17H25BrN4O3S/c18-13-11-16(20-26(23,24)15-1-2-15)17(19-12-13)22-5-3-14(4-6-22)21-7-9-25-10-8-21/h11-12,14-15,20H,1-10H2. The Morgan fingerprint density at radius 3 is 2.46 bits per heavy atom. The maximum absolute atomic E-state index is 12.4. The van der Waals surface area contributed by atoms with Gasteiger partial charge in [-0.05, 0) is 47.7 Å². The van der Waals surface area contributed by atoms with Crippen LogP contribution in [0.3, 0.4) is 0 Å². The van der Waals surface area contributed by atoms with Gasteiger partial charge in [-0.1, -0.05) is 0 Å². The zero-order chi connectivity index (χ0) is 18.1. The van der Waals surface area contributed by atoms with Crippen LogP contribution < -0.4 is 9.62 Å². The number of hydrogen-bond acceptors (Lipinski definition) is 6. The molecule has 4 rings (SSSR count). The third-order valence-corrected chi connectivity index (χ3v) is 7.66. The van der Waals surface area contributed by atoms with Gasteiger partial charge in [0.2, 0.25) is 10.0 Å². The number of piperidine rings is 1. The molecule has 1 N–H and O–H groups in total. The molecule has 1 aromatic rings. The van der Waals surface area contributed by atoms with Gasteiger partial charge in [-0.2, -0.15) is 0 Å². The zero-order valence-electron chi connectivity index (χ0n) is 14.7. The van der Waals surface area contributed by atoms with Crippen LogP contribution in [0.2, 0.25) is 0 Å². The number of aromatic nitrogens is 1. The number of anilines is 2. The van der Waals surface area contributed by atoms with Crippen LogP contribution >= 0.6 is 15.9 Å². The Labute approximate surface area is 163 Å². The molecule has 1 aliphatic carbocycles. The van der Waals surface area contributed by atoms with Gasteiger partial charge < -0.3 is 9.64 Å². The third kappa shape index (κ3) is 4.16. The average Bonchev–Trinajstić information content (AvgIpc) is 3.48. The van der Waals surface area contributed by atoms with Gasteiger partial charge in [-0.3, -0.25) is 9.62 Å². The number of sulfonamides is 1. The molecule has 2 saturated heterocycles. The van der Waals surface area contributed by atoms with Crippen molar-refractivity contribution in [2.75, 3.05) is 49.0 Å². The fraction of sp³-hybridized carbons (Fsp3) is 0.706. The van der Waals surface area contributed by atoms with E-state index in [9.17, 15) is 8.42 Å². The molecule has 3 heterocycles. The molecule has 1 saturated carbocycles. The first-order valence-electron chi connectivity index (χ1n) is 9.27. The lowest BCUT2D eigenvalue weighted by atomic mass is 10.0. The van der Waals surface area contributed by atoms with Crippen LogP contribution in [0, 0.1) is 0 Å². The third-order valence-electron chi connectivity index (χ3n) is 5.37. The Morgan fingerprint density at radius 2 is 1.81 bits per heavy atom. The van der Waals surface area contributed by atoms with E-state index in [-0.39, 0.29) is 5.25 Å². The molecule has 0 spiro atoms. The van der Waals surface area contributed by atoms with Gasteiger partial charge in [0.15, 0.2) is 5.82 Å². The van der Waals surface area contributed by atoms with Gasteiger partial charge in [0.05, 0.1) is 24.2 Å². The monoisotopic (exact) mass is 444 g/mol. The highest BCUT2D eigenvalue weighted by Gasteiger charge is 2.36. The first kappa shape index (κ1) is 18.5. The molecule has 0 unspecified atom stereocenters. The van der Waals surface area contributed by atoms with Crippen LogP contribution in [-0.2, 0) is 14.8 Å². The summed E-state index contributed by atoms with van der Waals surface area (Å²) in [6.45, 7) is 5.42. The highest BCUT2D eigenvalue weighted by Crippen LogP contribution is 2.34. The van der Waals surface area contributed by atoms with Crippen molar-refractivity contribution in [1.29, 1.82) is 0 Å². The lowest BCUT2D eigenvalue weighted by Gasteiger charge is -2.40. The average molecular weight is 445 g/mol. The summed E-state index contributed by atoms with van der Waals surface area (Å²) in [6, 6.07) is 2.40. The molecule has 0 amide bonds. The van der Waals surface area contributed by atoms with Gasteiger partial charge in [0, 0.05) is 42.9 Å².